The lowest BCUT2D eigenvalue weighted by molar-refractivity contribution is -0.125. The predicted octanol–water partition coefficient (Wildman–Crippen LogP) is 3.28. The Morgan fingerprint density at radius 1 is 1.24 bits per heavy atom. The first-order valence-corrected chi connectivity index (χ1v) is 9.55. The van der Waals surface area contributed by atoms with Gasteiger partial charge in [-0.05, 0) is 24.1 Å². The Labute approximate surface area is 151 Å². The summed E-state index contributed by atoms with van der Waals surface area (Å²) >= 11 is 1.66. The molecular formula is C19H22N2O3S. The highest BCUT2D eigenvalue weighted by atomic mass is 32.2. The minimum atomic E-state index is -0.470. The van der Waals surface area contributed by atoms with Crippen LogP contribution in [0.4, 0.5) is 0 Å². The summed E-state index contributed by atoms with van der Waals surface area (Å²) in [7, 11) is 0. The molecule has 132 valence electrons. The highest BCUT2D eigenvalue weighted by Gasteiger charge is 2.42. The first kappa shape index (κ1) is 17.6. The number of furan rings is 1. The summed E-state index contributed by atoms with van der Waals surface area (Å²) in [4.78, 5) is 27.2. The summed E-state index contributed by atoms with van der Waals surface area (Å²) in [6, 6.07) is 12.6. The van der Waals surface area contributed by atoms with E-state index < -0.39 is 6.04 Å². The van der Waals surface area contributed by atoms with Crippen LogP contribution in [0.3, 0.4) is 0 Å². The van der Waals surface area contributed by atoms with Crippen molar-refractivity contribution in [1.29, 1.82) is 0 Å². The normalized spacial score (nSPS) is 19.8. The summed E-state index contributed by atoms with van der Waals surface area (Å²) in [6.45, 7) is 2.54. The van der Waals surface area contributed by atoms with Gasteiger partial charge in [-0.3, -0.25) is 9.59 Å². The average Bonchev–Trinajstić information content (AvgIpc) is 3.30. The van der Waals surface area contributed by atoms with Crippen molar-refractivity contribution in [2.75, 3.05) is 5.75 Å². The molecule has 1 aliphatic rings. The first-order chi connectivity index (χ1) is 12.2. The average molecular weight is 358 g/mol. The maximum atomic E-state index is 12.8. The van der Waals surface area contributed by atoms with Crippen molar-refractivity contribution in [3.05, 3.63) is 60.1 Å². The van der Waals surface area contributed by atoms with Gasteiger partial charge in [0.2, 0.25) is 5.91 Å². The standard InChI is InChI=1S/C19H22N2O3S/c1-2-7-17-21(19(23)16-10-6-11-24-16)15(13-25-17)18(22)20-12-14-8-4-3-5-9-14/h3-6,8-11,15,17H,2,7,12-13H2,1H3,(H,20,22). The van der Waals surface area contributed by atoms with Gasteiger partial charge in [0.15, 0.2) is 5.76 Å². The number of benzene rings is 1. The molecule has 3 rings (SSSR count). The van der Waals surface area contributed by atoms with E-state index in [1.54, 1.807) is 28.8 Å². The Morgan fingerprint density at radius 2 is 2.04 bits per heavy atom. The zero-order valence-corrected chi connectivity index (χ0v) is 15.0. The van der Waals surface area contributed by atoms with E-state index in [2.05, 4.69) is 12.2 Å². The quantitative estimate of drug-likeness (QED) is 0.861. The molecule has 5 nitrogen and oxygen atoms in total. The lowest BCUT2D eigenvalue weighted by Crippen LogP contribution is -2.49. The van der Waals surface area contributed by atoms with Crippen molar-refractivity contribution < 1.29 is 14.0 Å². The van der Waals surface area contributed by atoms with E-state index in [4.69, 9.17) is 4.42 Å². The minimum absolute atomic E-state index is 0.00933. The van der Waals surface area contributed by atoms with Crippen molar-refractivity contribution in [2.24, 2.45) is 0 Å². The number of hydrogen-bond donors (Lipinski definition) is 1. The lowest BCUT2D eigenvalue weighted by atomic mass is 10.2. The zero-order chi connectivity index (χ0) is 17.6. The SMILES string of the molecule is CCCC1SCC(C(=O)NCc2ccccc2)N1C(=O)c1ccco1. The van der Waals surface area contributed by atoms with E-state index in [1.807, 2.05) is 30.3 Å². The van der Waals surface area contributed by atoms with Gasteiger partial charge in [0.05, 0.1) is 11.6 Å². The van der Waals surface area contributed by atoms with Gasteiger partial charge in [-0.15, -0.1) is 11.8 Å². The van der Waals surface area contributed by atoms with Gasteiger partial charge in [0.1, 0.15) is 6.04 Å². The van der Waals surface area contributed by atoms with Crippen LogP contribution in [0.5, 0.6) is 0 Å². The predicted molar refractivity (Wildman–Crippen MR) is 98.1 cm³/mol. The Kier molecular flexibility index (Phi) is 5.81. The second kappa shape index (κ2) is 8.25. The van der Waals surface area contributed by atoms with E-state index in [0.29, 0.717) is 12.3 Å². The number of carbonyl (C=O) groups excluding carboxylic acids is 2. The topological polar surface area (TPSA) is 62.6 Å². The fourth-order valence-corrected chi connectivity index (χ4v) is 4.46. The summed E-state index contributed by atoms with van der Waals surface area (Å²) < 4.78 is 5.26. The molecule has 0 saturated carbocycles. The highest BCUT2D eigenvalue weighted by Crippen LogP contribution is 2.33. The number of amides is 2. The highest BCUT2D eigenvalue weighted by molar-refractivity contribution is 8.00. The number of carbonyl (C=O) groups is 2. The molecule has 2 atom stereocenters. The van der Waals surface area contributed by atoms with Crippen molar-refractivity contribution in [3.8, 4) is 0 Å². The van der Waals surface area contributed by atoms with Gasteiger partial charge in [0.25, 0.3) is 5.91 Å². The zero-order valence-electron chi connectivity index (χ0n) is 14.2. The summed E-state index contributed by atoms with van der Waals surface area (Å²) in [5, 5.41) is 2.97. The molecule has 0 bridgehead atoms. The third kappa shape index (κ3) is 4.07. The number of thioether (sulfide) groups is 1. The minimum Gasteiger partial charge on any atom is -0.459 e. The molecule has 1 fully saturated rings. The molecule has 2 unspecified atom stereocenters. The third-order valence-electron chi connectivity index (χ3n) is 4.21. The van der Waals surface area contributed by atoms with Gasteiger partial charge in [-0.1, -0.05) is 43.7 Å². The second-order valence-corrected chi connectivity index (χ2v) is 7.20. The van der Waals surface area contributed by atoms with Crippen LogP contribution < -0.4 is 5.32 Å². The fourth-order valence-electron chi connectivity index (χ4n) is 2.94. The molecule has 0 radical (unpaired) electrons. The van der Waals surface area contributed by atoms with Crippen molar-refractivity contribution in [2.45, 2.75) is 37.7 Å². The van der Waals surface area contributed by atoms with Gasteiger partial charge in [0, 0.05) is 12.3 Å². The molecule has 2 aromatic rings. The van der Waals surface area contributed by atoms with E-state index >= 15 is 0 Å². The van der Waals surface area contributed by atoms with Gasteiger partial charge < -0.3 is 14.6 Å². The van der Waals surface area contributed by atoms with E-state index in [-0.39, 0.29) is 22.9 Å². The maximum absolute atomic E-state index is 12.8. The van der Waals surface area contributed by atoms with Crippen LogP contribution in [0.15, 0.2) is 53.1 Å². The molecule has 1 aromatic heterocycles. The van der Waals surface area contributed by atoms with Crippen LogP contribution in [0, 0.1) is 0 Å². The largest absolute Gasteiger partial charge is 0.459 e. The van der Waals surface area contributed by atoms with Gasteiger partial charge in [-0.25, -0.2) is 0 Å². The van der Waals surface area contributed by atoms with Crippen molar-refractivity contribution >= 4 is 23.6 Å². The van der Waals surface area contributed by atoms with Crippen LogP contribution in [0.2, 0.25) is 0 Å². The Bertz CT molecular complexity index is 703. The smallest absolute Gasteiger partial charge is 0.291 e. The molecule has 0 spiro atoms. The molecule has 1 aliphatic heterocycles. The summed E-state index contributed by atoms with van der Waals surface area (Å²) in [5.41, 5.74) is 1.04. The Balaban J connectivity index is 1.71. The van der Waals surface area contributed by atoms with Gasteiger partial charge in [-0.2, -0.15) is 0 Å². The Morgan fingerprint density at radius 3 is 2.72 bits per heavy atom. The number of nitrogens with one attached hydrogen (secondary N) is 1. The maximum Gasteiger partial charge on any atom is 0.291 e. The lowest BCUT2D eigenvalue weighted by Gasteiger charge is -2.27. The van der Waals surface area contributed by atoms with Crippen LogP contribution in [-0.2, 0) is 11.3 Å². The fraction of sp³-hybridized carbons (Fsp3) is 0.368. The number of hydrogen-bond acceptors (Lipinski definition) is 4. The molecule has 1 N–H and O–H groups in total. The molecule has 2 heterocycles. The summed E-state index contributed by atoms with van der Waals surface area (Å²) in [6.07, 6.45) is 3.30. The first-order valence-electron chi connectivity index (χ1n) is 8.50. The monoisotopic (exact) mass is 358 g/mol. The van der Waals surface area contributed by atoms with Crippen molar-refractivity contribution in [1.82, 2.24) is 10.2 Å². The molecule has 0 aliphatic carbocycles. The Hall–Kier alpha value is -2.21. The van der Waals surface area contributed by atoms with Crippen LogP contribution in [0.25, 0.3) is 0 Å². The van der Waals surface area contributed by atoms with Crippen LogP contribution >= 0.6 is 11.8 Å². The van der Waals surface area contributed by atoms with Crippen LogP contribution in [-0.4, -0.2) is 33.9 Å². The number of nitrogens with zero attached hydrogens (tertiary/aromatic N) is 1. The molecule has 1 aromatic carbocycles. The van der Waals surface area contributed by atoms with E-state index in [9.17, 15) is 9.59 Å². The summed E-state index contributed by atoms with van der Waals surface area (Å²) in [5.74, 6) is 0.560. The second-order valence-electron chi connectivity index (χ2n) is 5.99. The van der Waals surface area contributed by atoms with E-state index in [1.165, 1.54) is 6.26 Å². The third-order valence-corrected chi connectivity index (χ3v) is 5.56. The molecule has 6 heteroatoms. The van der Waals surface area contributed by atoms with E-state index in [0.717, 1.165) is 18.4 Å². The molecule has 1 saturated heterocycles. The van der Waals surface area contributed by atoms with Crippen LogP contribution in [0.1, 0.15) is 35.9 Å². The van der Waals surface area contributed by atoms with Gasteiger partial charge >= 0.3 is 0 Å². The number of rotatable bonds is 6. The molecule has 25 heavy (non-hydrogen) atoms. The molecular weight excluding hydrogens is 336 g/mol. The molecule has 2 amide bonds. The van der Waals surface area contributed by atoms with Crippen molar-refractivity contribution in [3.63, 3.8) is 0 Å².